The molecule has 0 spiro atoms. The lowest BCUT2D eigenvalue weighted by molar-refractivity contribution is -0.183. The number of ether oxygens (including phenoxy) is 3. The summed E-state index contributed by atoms with van der Waals surface area (Å²) in [6.07, 6.45) is -0.0473. The van der Waals surface area contributed by atoms with Crippen LogP contribution >= 0.6 is 7.60 Å². The average molecular weight is 264 g/mol. The minimum absolute atomic E-state index is 0.00498. The van der Waals surface area contributed by atoms with Crippen molar-refractivity contribution in [2.24, 2.45) is 5.92 Å². The van der Waals surface area contributed by atoms with Gasteiger partial charge in [-0.2, -0.15) is 0 Å². The molecule has 17 heavy (non-hydrogen) atoms. The second kappa shape index (κ2) is 3.32. The first kappa shape index (κ1) is 12.1. The Hall–Kier alpha value is 0.0300. The van der Waals surface area contributed by atoms with Gasteiger partial charge in [-0.3, -0.25) is 9.09 Å². The van der Waals surface area contributed by atoms with Crippen LogP contribution < -0.4 is 0 Å². The Balaban J connectivity index is 1.89. The lowest BCUT2D eigenvalue weighted by Crippen LogP contribution is -2.48. The van der Waals surface area contributed by atoms with Gasteiger partial charge in [-0.1, -0.05) is 0 Å². The SMILES string of the molecule is COCC1(OP(C)(=O)O)C2[C@H]3OC[C@]21O[C@H]3C. The summed E-state index contributed by atoms with van der Waals surface area (Å²) < 4.78 is 33.5. The molecular weight excluding hydrogens is 247 g/mol. The molecule has 3 unspecified atom stereocenters. The minimum Gasteiger partial charge on any atom is -0.382 e. The number of hydrogen-bond acceptors (Lipinski definition) is 5. The maximum Gasteiger partial charge on any atom is 0.325 e. The standard InChI is InChI=1S/C10H17O6P/c1-6-7-8-9(15-6,5-14-7)10(8,4-13-2)16-17(3,11)12/h6-8H,4-5H2,1-3H3,(H,11,12)/t6-,7-,8?,9-,10?/m0/s1. The van der Waals surface area contributed by atoms with E-state index in [1.165, 1.54) is 6.66 Å². The van der Waals surface area contributed by atoms with E-state index >= 15 is 0 Å². The summed E-state index contributed by atoms with van der Waals surface area (Å²) >= 11 is 0. The fourth-order valence-corrected chi connectivity index (χ4v) is 4.46. The zero-order chi connectivity index (χ0) is 12.5. The molecule has 6 atom stereocenters. The average Bonchev–Trinajstić information content (AvgIpc) is 2.54. The van der Waals surface area contributed by atoms with Crippen LogP contribution in [0.4, 0.5) is 0 Å². The van der Waals surface area contributed by atoms with E-state index in [1.807, 2.05) is 6.92 Å². The molecule has 0 aromatic carbocycles. The maximum atomic E-state index is 11.5. The lowest BCUT2D eigenvalue weighted by atomic mass is 10.1. The molecule has 0 aromatic rings. The summed E-state index contributed by atoms with van der Waals surface area (Å²) in [7, 11) is -2.03. The van der Waals surface area contributed by atoms with Crippen LogP contribution in [0.25, 0.3) is 0 Å². The number of methoxy groups -OCH3 is 1. The van der Waals surface area contributed by atoms with Crippen LogP contribution in [0.2, 0.25) is 0 Å². The van der Waals surface area contributed by atoms with E-state index in [1.54, 1.807) is 7.11 Å². The van der Waals surface area contributed by atoms with Crippen molar-refractivity contribution < 1.29 is 28.2 Å². The van der Waals surface area contributed by atoms with Crippen molar-refractivity contribution in [2.75, 3.05) is 27.0 Å². The molecule has 2 bridgehead atoms. The molecular formula is C10H17O6P. The van der Waals surface area contributed by atoms with E-state index in [9.17, 15) is 9.46 Å². The molecule has 0 radical (unpaired) electrons. The van der Waals surface area contributed by atoms with Gasteiger partial charge in [-0.25, -0.2) is 0 Å². The lowest BCUT2D eigenvalue weighted by Gasteiger charge is -2.35. The third-order valence-electron chi connectivity index (χ3n) is 4.01. The number of rotatable bonds is 4. The topological polar surface area (TPSA) is 74.2 Å². The van der Waals surface area contributed by atoms with Gasteiger partial charge in [0.05, 0.1) is 31.3 Å². The Labute approximate surface area is 99.7 Å². The monoisotopic (exact) mass is 264 g/mol. The molecule has 2 saturated heterocycles. The van der Waals surface area contributed by atoms with E-state index in [-0.39, 0.29) is 24.7 Å². The summed E-state index contributed by atoms with van der Waals surface area (Å²) in [6, 6.07) is 0. The molecule has 98 valence electrons. The van der Waals surface area contributed by atoms with E-state index in [0.29, 0.717) is 6.61 Å². The predicted octanol–water partition coefficient (Wildman–Crippen LogP) is 0.389. The van der Waals surface area contributed by atoms with Gasteiger partial charge in [0.1, 0.15) is 11.2 Å². The van der Waals surface area contributed by atoms with E-state index in [0.717, 1.165) is 0 Å². The molecule has 3 aliphatic rings. The molecule has 2 aliphatic heterocycles. The Bertz CT molecular complexity index is 394. The van der Waals surface area contributed by atoms with Gasteiger partial charge in [-0.05, 0) is 6.92 Å². The molecule has 2 heterocycles. The first-order chi connectivity index (χ1) is 7.86. The summed E-state index contributed by atoms with van der Waals surface area (Å²) in [5.74, 6) is 0.00498. The van der Waals surface area contributed by atoms with Gasteiger partial charge in [-0.15, -0.1) is 0 Å². The van der Waals surface area contributed by atoms with Gasteiger partial charge in [0.25, 0.3) is 0 Å². The number of hydrogen-bond donors (Lipinski definition) is 1. The van der Waals surface area contributed by atoms with E-state index in [2.05, 4.69) is 0 Å². The summed E-state index contributed by atoms with van der Waals surface area (Å²) in [6.45, 7) is 3.80. The van der Waals surface area contributed by atoms with E-state index < -0.39 is 18.8 Å². The van der Waals surface area contributed by atoms with Crippen LogP contribution in [-0.2, 0) is 23.3 Å². The fourth-order valence-electron chi connectivity index (χ4n) is 3.53. The van der Waals surface area contributed by atoms with Gasteiger partial charge in [0.2, 0.25) is 0 Å². The van der Waals surface area contributed by atoms with Crippen LogP contribution in [0, 0.1) is 5.92 Å². The van der Waals surface area contributed by atoms with Gasteiger partial charge < -0.3 is 19.1 Å². The Kier molecular flexibility index (Phi) is 2.36. The molecule has 0 amide bonds. The molecule has 3 fully saturated rings. The third kappa shape index (κ3) is 1.37. The van der Waals surface area contributed by atoms with Crippen molar-refractivity contribution in [3.8, 4) is 0 Å². The maximum absolute atomic E-state index is 11.5. The third-order valence-corrected chi connectivity index (χ3v) is 4.67. The second-order valence-corrected chi connectivity index (χ2v) is 6.97. The molecule has 0 aromatic heterocycles. The molecule has 3 rings (SSSR count). The highest BCUT2D eigenvalue weighted by Gasteiger charge is 2.90. The van der Waals surface area contributed by atoms with Gasteiger partial charge in [0, 0.05) is 13.8 Å². The van der Waals surface area contributed by atoms with Crippen LogP contribution in [0.15, 0.2) is 0 Å². The predicted molar refractivity (Wildman–Crippen MR) is 57.9 cm³/mol. The van der Waals surface area contributed by atoms with Crippen LogP contribution in [0.5, 0.6) is 0 Å². The Morgan fingerprint density at radius 3 is 2.71 bits per heavy atom. The van der Waals surface area contributed by atoms with E-state index in [4.69, 9.17) is 18.7 Å². The van der Waals surface area contributed by atoms with Crippen LogP contribution in [0.1, 0.15) is 6.92 Å². The van der Waals surface area contributed by atoms with Crippen LogP contribution in [0.3, 0.4) is 0 Å². The second-order valence-electron chi connectivity index (χ2n) is 5.18. The first-order valence-electron chi connectivity index (χ1n) is 5.66. The van der Waals surface area contributed by atoms with Crippen molar-refractivity contribution in [1.82, 2.24) is 0 Å². The normalized spacial score (nSPS) is 54.5. The Morgan fingerprint density at radius 2 is 2.29 bits per heavy atom. The zero-order valence-corrected chi connectivity index (χ0v) is 11.0. The van der Waals surface area contributed by atoms with Gasteiger partial charge in [0.15, 0.2) is 0 Å². The quantitative estimate of drug-likeness (QED) is 0.740. The highest BCUT2D eigenvalue weighted by atomic mass is 31.2. The van der Waals surface area contributed by atoms with Crippen molar-refractivity contribution in [3.05, 3.63) is 0 Å². The molecule has 1 saturated carbocycles. The molecule has 1 aliphatic carbocycles. The largest absolute Gasteiger partial charge is 0.382 e. The molecule has 6 nitrogen and oxygen atoms in total. The fraction of sp³-hybridized carbons (Fsp3) is 1.00. The van der Waals surface area contributed by atoms with Crippen LogP contribution in [-0.4, -0.2) is 55.3 Å². The highest BCUT2D eigenvalue weighted by molar-refractivity contribution is 7.52. The van der Waals surface area contributed by atoms with Crippen molar-refractivity contribution in [1.29, 1.82) is 0 Å². The smallest absolute Gasteiger partial charge is 0.325 e. The van der Waals surface area contributed by atoms with Gasteiger partial charge >= 0.3 is 7.60 Å². The van der Waals surface area contributed by atoms with Crippen molar-refractivity contribution in [2.45, 2.75) is 30.3 Å². The molecule has 1 N–H and O–H groups in total. The molecule has 7 heteroatoms. The summed E-state index contributed by atoms with van der Waals surface area (Å²) in [4.78, 5) is 9.45. The first-order valence-corrected chi connectivity index (χ1v) is 7.68. The Morgan fingerprint density at radius 1 is 1.59 bits per heavy atom. The van der Waals surface area contributed by atoms with Crippen molar-refractivity contribution >= 4 is 7.60 Å². The van der Waals surface area contributed by atoms with Crippen molar-refractivity contribution in [3.63, 3.8) is 0 Å². The highest BCUT2D eigenvalue weighted by Crippen LogP contribution is 2.73. The summed E-state index contributed by atoms with van der Waals surface area (Å²) in [5, 5.41) is 0. The minimum atomic E-state index is -3.58. The summed E-state index contributed by atoms with van der Waals surface area (Å²) in [5.41, 5.74) is -1.39. The zero-order valence-electron chi connectivity index (χ0n) is 10.1.